The Morgan fingerprint density at radius 2 is 2.00 bits per heavy atom. The minimum absolute atomic E-state index is 0.270. The molecule has 0 aliphatic carbocycles. The lowest BCUT2D eigenvalue weighted by Crippen LogP contribution is -2.12. The lowest BCUT2D eigenvalue weighted by molar-refractivity contribution is 0.102. The summed E-state index contributed by atoms with van der Waals surface area (Å²) in [5, 5.41) is 12.0. The number of amides is 1. The number of hydrogen-bond donors (Lipinski definition) is 1. The number of fused-ring (bicyclic) bond motifs is 1. The van der Waals surface area contributed by atoms with Crippen molar-refractivity contribution in [3.05, 3.63) is 71.1 Å². The summed E-state index contributed by atoms with van der Waals surface area (Å²) in [7, 11) is 0. The van der Waals surface area contributed by atoms with Crippen molar-refractivity contribution in [1.29, 1.82) is 0 Å². The molecular formula is C19H17N5O2S. The molecule has 0 saturated heterocycles. The van der Waals surface area contributed by atoms with Crippen LogP contribution in [0.3, 0.4) is 0 Å². The molecule has 27 heavy (non-hydrogen) atoms. The Hall–Kier alpha value is -3.26. The highest BCUT2D eigenvalue weighted by molar-refractivity contribution is 7.15. The summed E-state index contributed by atoms with van der Waals surface area (Å²) >= 11 is 1.28. The lowest BCUT2D eigenvalue weighted by Gasteiger charge is -2.10. The van der Waals surface area contributed by atoms with Gasteiger partial charge in [-0.15, -0.1) is 10.2 Å². The quantitative estimate of drug-likeness (QED) is 0.569. The van der Waals surface area contributed by atoms with Crippen molar-refractivity contribution in [1.82, 2.24) is 19.6 Å². The van der Waals surface area contributed by atoms with Crippen molar-refractivity contribution in [2.24, 2.45) is 0 Å². The lowest BCUT2D eigenvalue weighted by atomic mass is 10.3. The van der Waals surface area contributed by atoms with Gasteiger partial charge in [0.15, 0.2) is 5.01 Å². The Bertz CT molecular complexity index is 1090. The first kappa shape index (κ1) is 17.2. The van der Waals surface area contributed by atoms with Crippen LogP contribution in [0.4, 0.5) is 5.13 Å². The number of nitrogens with one attached hydrogen (secondary N) is 1. The summed E-state index contributed by atoms with van der Waals surface area (Å²) in [6.45, 7) is 3.85. The van der Waals surface area contributed by atoms with E-state index in [-0.39, 0.29) is 12.0 Å². The molecule has 0 aliphatic rings. The predicted molar refractivity (Wildman–Crippen MR) is 103 cm³/mol. The van der Waals surface area contributed by atoms with E-state index in [1.165, 1.54) is 11.3 Å². The van der Waals surface area contributed by atoms with Gasteiger partial charge < -0.3 is 9.14 Å². The fraction of sp³-hybridized carbons (Fsp3) is 0.158. The van der Waals surface area contributed by atoms with Crippen LogP contribution >= 0.6 is 11.3 Å². The molecule has 0 radical (unpaired) electrons. The second-order valence-electron chi connectivity index (χ2n) is 6.02. The SMILES string of the molecule is Cc1cccn2cc(C(=O)Nc3nnc([C@@H](C)Oc4ccccc4)s3)nc12. The van der Waals surface area contributed by atoms with Gasteiger partial charge in [-0.25, -0.2) is 4.98 Å². The minimum atomic E-state index is -0.322. The van der Waals surface area contributed by atoms with E-state index in [4.69, 9.17) is 4.74 Å². The topological polar surface area (TPSA) is 81.4 Å². The predicted octanol–water partition coefficient (Wildman–Crippen LogP) is 3.89. The summed E-state index contributed by atoms with van der Waals surface area (Å²) in [6, 6.07) is 13.4. The van der Waals surface area contributed by atoms with E-state index >= 15 is 0 Å². The van der Waals surface area contributed by atoms with Gasteiger partial charge in [0.25, 0.3) is 5.91 Å². The average molecular weight is 379 g/mol. The molecule has 1 aromatic carbocycles. The first-order chi connectivity index (χ1) is 13.1. The van der Waals surface area contributed by atoms with E-state index in [2.05, 4.69) is 20.5 Å². The molecule has 0 fully saturated rings. The Balaban J connectivity index is 1.46. The largest absolute Gasteiger partial charge is 0.483 e. The van der Waals surface area contributed by atoms with Crippen LogP contribution < -0.4 is 10.1 Å². The zero-order valence-electron chi connectivity index (χ0n) is 14.8. The summed E-state index contributed by atoms with van der Waals surface area (Å²) in [6.07, 6.45) is 3.28. The van der Waals surface area contributed by atoms with Gasteiger partial charge in [0, 0.05) is 12.4 Å². The fourth-order valence-electron chi connectivity index (χ4n) is 2.63. The number of pyridine rings is 1. The van der Waals surface area contributed by atoms with E-state index in [1.807, 2.05) is 66.9 Å². The first-order valence-corrected chi connectivity index (χ1v) is 9.22. The Morgan fingerprint density at radius 1 is 1.19 bits per heavy atom. The smallest absolute Gasteiger partial charge is 0.277 e. The molecule has 8 heteroatoms. The maximum Gasteiger partial charge on any atom is 0.277 e. The number of aromatic nitrogens is 4. The van der Waals surface area contributed by atoms with Gasteiger partial charge in [0.2, 0.25) is 5.13 Å². The molecule has 4 rings (SSSR count). The van der Waals surface area contributed by atoms with Crippen molar-refractivity contribution in [3.8, 4) is 5.75 Å². The number of carbonyl (C=O) groups is 1. The molecule has 136 valence electrons. The van der Waals surface area contributed by atoms with Crippen LogP contribution in [0, 0.1) is 6.92 Å². The number of nitrogens with zero attached hydrogens (tertiary/aromatic N) is 4. The van der Waals surface area contributed by atoms with Crippen LogP contribution in [0.15, 0.2) is 54.9 Å². The monoisotopic (exact) mass is 379 g/mol. The normalized spacial score (nSPS) is 12.1. The van der Waals surface area contributed by atoms with E-state index in [0.717, 1.165) is 17.0 Å². The zero-order chi connectivity index (χ0) is 18.8. The van der Waals surface area contributed by atoms with Crippen molar-refractivity contribution in [2.75, 3.05) is 5.32 Å². The number of carbonyl (C=O) groups excluding carboxylic acids is 1. The number of aryl methyl sites for hydroxylation is 1. The minimum Gasteiger partial charge on any atom is -0.483 e. The Morgan fingerprint density at radius 3 is 2.78 bits per heavy atom. The molecule has 3 heterocycles. The Labute approximate surface area is 159 Å². The van der Waals surface area contributed by atoms with E-state index in [0.29, 0.717) is 15.8 Å². The highest BCUT2D eigenvalue weighted by atomic mass is 32.1. The molecule has 7 nitrogen and oxygen atoms in total. The van der Waals surface area contributed by atoms with Crippen LogP contribution in [0.25, 0.3) is 5.65 Å². The molecule has 3 aromatic heterocycles. The number of hydrogen-bond acceptors (Lipinski definition) is 6. The maximum atomic E-state index is 12.5. The molecule has 0 saturated carbocycles. The highest BCUT2D eigenvalue weighted by Gasteiger charge is 2.17. The zero-order valence-corrected chi connectivity index (χ0v) is 15.6. The van der Waals surface area contributed by atoms with E-state index in [9.17, 15) is 4.79 Å². The van der Waals surface area contributed by atoms with Crippen LogP contribution in [0.2, 0.25) is 0 Å². The van der Waals surface area contributed by atoms with Crippen molar-refractivity contribution in [2.45, 2.75) is 20.0 Å². The van der Waals surface area contributed by atoms with Crippen molar-refractivity contribution in [3.63, 3.8) is 0 Å². The second-order valence-corrected chi connectivity index (χ2v) is 7.03. The number of ether oxygens (including phenoxy) is 1. The summed E-state index contributed by atoms with van der Waals surface area (Å²) in [4.78, 5) is 16.9. The number of rotatable bonds is 5. The maximum absolute atomic E-state index is 12.5. The molecule has 0 aliphatic heterocycles. The van der Waals surface area contributed by atoms with Gasteiger partial charge in [-0.3, -0.25) is 10.1 Å². The Kier molecular flexibility index (Phi) is 4.55. The highest BCUT2D eigenvalue weighted by Crippen LogP contribution is 2.26. The molecule has 0 spiro atoms. The van der Waals surface area contributed by atoms with Crippen LogP contribution in [0.5, 0.6) is 5.75 Å². The molecule has 1 N–H and O–H groups in total. The van der Waals surface area contributed by atoms with Gasteiger partial charge in [-0.05, 0) is 37.6 Å². The number of benzene rings is 1. The van der Waals surface area contributed by atoms with E-state index < -0.39 is 0 Å². The van der Waals surface area contributed by atoms with Crippen LogP contribution in [0.1, 0.15) is 34.1 Å². The van der Waals surface area contributed by atoms with Crippen LogP contribution in [-0.4, -0.2) is 25.5 Å². The number of imidazole rings is 1. The standard InChI is InChI=1S/C19H17N5O2S/c1-12-7-6-10-24-11-15(20-16(12)24)17(25)21-19-23-22-18(27-19)13(2)26-14-8-4-3-5-9-14/h3-11,13H,1-2H3,(H,21,23,25)/t13-/m1/s1. The molecule has 1 amide bonds. The fourth-order valence-corrected chi connectivity index (χ4v) is 3.35. The average Bonchev–Trinajstić information content (AvgIpc) is 3.30. The van der Waals surface area contributed by atoms with Crippen LogP contribution in [-0.2, 0) is 0 Å². The molecule has 0 unspecified atom stereocenters. The van der Waals surface area contributed by atoms with Gasteiger partial charge >= 0.3 is 0 Å². The summed E-state index contributed by atoms with van der Waals surface area (Å²) in [5.41, 5.74) is 2.08. The second kappa shape index (κ2) is 7.16. The molecular weight excluding hydrogens is 362 g/mol. The van der Waals surface area contributed by atoms with E-state index in [1.54, 1.807) is 6.20 Å². The summed E-state index contributed by atoms with van der Waals surface area (Å²) < 4.78 is 7.66. The molecule has 4 aromatic rings. The van der Waals surface area contributed by atoms with Gasteiger partial charge in [-0.1, -0.05) is 35.6 Å². The molecule has 0 bridgehead atoms. The van der Waals surface area contributed by atoms with Crippen molar-refractivity contribution < 1.29 is 9.53 Å². The first-order valence-electron chi connectivity index (χ1n) is 8.41. The summed E-state index contributed by atoms with van der Waals surface area (Å²) in [5.74, 6) is 0.434. The third-order valence-electron chi connectivity index (χ3n) is 3.98. The number of para-hydroxylation sites is 1. The third-order valence-corrected chi connectivity index (χ3v) is 4.98. The van der Waals surface area contributed by atoms with Gasteiger partial charge in [-0.2, -0.15) is 0 Å². The van der Waals surface area contributed by atoms with Crippen molar-refractivity contribution >= 4 is 28.0 Å². The van der Waals surface area contributed by atoms with Gasteiger partial charge in [0.1, 0.15) is 23.2 Å². The third kappa shape index (κ3) is 3.65. The van der Waals surface area contributed by atoms with Gasteiger partial charge in [0.05, 0.1) is 0 Å². The number of anilines is 1. The molecule has 1 atom stereocenters.